The van der Waals surface area contributed by atoms with Gasteiger partial charge in [-0.2, -0.15) is 5.10 Å². The van der Waals surface area contributed by atoms with Gasteiger partial charge in [-0.3, -0.25) is 9.89 Å². The van der Waals surface area contributed by atoms with Crippen molar-refractivity contribution in [1.29, 1.82) is 0 Å². The number of H-pyrrole nitrogens is 1. The molecule has 0 unspecified atom stereocenters. The molecule has 3 aromatic rings. The van der Waals surface area contributed by atoms with Crippen LogP contribution in [0.3, 0.4) is 0 Å². The Kier molecular flexibility index (Phi) is 7.43. The van der Waals surface area contributed by atoms with Crippen LogP contribution < -0.4 is 15.5 Å². The molecular formula is C26H34N8OS. The van der Waals surface area contributed by atoms with Crippen LogP contribution in [0.25, 0.3) is 0 Å². The summed E-state index contributed by atoms with van der Waals surface area (Å²) in [6.45, 7) is 7.89. The monoisotopic (exact) mass is 506 g/mol. The maximum Gasteiger partial charge on any atom is 0.227 e. The van der Waals surface area contributed by atoms with Crippen molar-refractivity contribution in [2.75, 3.05) is 48.8 Å². The number of amides is 1. The Bertz CT molecular complexity index is 1200. The van der Waals surface area contributed by atoms with E-state index in [1.165, 1.54) is 11.8 Å². The van der Waals surface area contributed by atoms with E-state index in [4.69, 9.17) is 9.97 Å². The van der Waals surface area contributed by atoms with Crippen molar-refractivity contribution in [3.05, 3.63) is 41.6 Å². The van der Waals surface area contributed by atoms with Crippen molar-refractivity contribution in [3.8, 4) is 0 Å². The highest BCUT2D eigenvalue weighted by Gasteiger charge is 2.23. The van der Waals surface area contributed by atoms with Gasteiger partial charge in [-0.05, 0) is 69.8 Å². The van der Waals surface area contributed by atoms with E-state index in [1.807, 2.05) is 37.3 Å². The number of nitrogens with zero attached hydrogens (tertiary/aromatic N) is 5. The molecule has 1 aliphatic heterocycles. The van der Waals surface area contributed by atoms with Crippen molar-refractivity contribution in [2.24, 2.45) is 5.92 Å². The van der Waals surface area contributed by atoms with Crippen molar-refractivity contribution in [2.45, 2.75) is 49.6 Å². The largest absolute Gasteiger partial charge is 0.354 e. The molecule has 3 heterocycles. The molecule has 0 radical (unpaired) electrons. The fraction of sp³-hybridized carbons (Fsp3) is 0.462. The quantitative estimate of drug-likeness (QED) is 0.400. The number of hydrogen-bond acceptors (Lipinski definition) is 8. The number of hydrogen-bond donors (Lipinski definition) is 3. The summed E-state index contributed by atoms with van der Waals surface area (Å²) in [5.41, 5.74) is 2.82. The first-order valence-corrected chi connectivity index (χ1v) is 13.5. The Morgan fingerprint density at radius 1 is 1.06 bits per heavy atom. The average molecular weight is 507 g/mol. The third-order valence-electron chi connectivity index (χ3n) is 6.91. The van der Waals surface area contributed by atoms with Gasteiger partial charge in [-0.15, -0.1) is 0 Å². The summed E-state index contributed by atoms with van der Waals surface area (Å²) < 4.78 is 0. The molecule has 2 fully saturated rings. The lowest BCUT2D eigenvalue weighted by Crippen LogP contribution is -2.45. The number of aromatic nitrogens is 4. The highest BCUT2D eigenvalue weighted by Crippen LogP contribution is 2.33. The SMILES string of the molecule is Cc1cc(Nc2nc(Sc3ccc(NC(=O)C4CCCC4)cc3)nc(N3CCN(C)CC3)c2C)n[nH]1. The molecule has 36 heavy (non-hydrogen) atoms. The van der Waals surface area contributed by atoms with Crippen LogP contribution in [0.4, 0.5) is 23.1 Å². The Morgan fingerprint density at radius 2 is 1.78 bits per heavy atom. The lowest BCUT2D eigenvalue weighted by atomic mass is 10.1. The third-order valence-corrected chi connectivity index (χ3v) is 7.78. The number of carbonyl (C=O) groups is 1. The lowest BCUT2D eigenvalue weighted by molar-refractivity contribution is -0.119. The molecule has 190 valence electrons. The van der Waals surface area contributed by atoms with Crippen molar-refractivity contribution >= 4 is 40.8 Å². The zero-order valence-electron chi connectivity index (χ0n) is 21.2. The Balaban J connectivity index is 1.36. The average Bonchev–Trinajstić information content (AvgIpc) is 3.55. The summed E-state index contributed by atoms with van der Waals surface area (Å²) in [6, 6.07) is 9.89. The summed E-state index contributed by atoms with van der Waals surface area (Å²) in [6.07, 6.45) is 4.29. The van der Waals surface area contributed by atoms with E-state index < -0.39 is 0 Å². The fourth-order valence-electron chi connectivity index (χ4n) is 4.73. The van der Waals surface area contributed by atoms with Gasteiger partial charge in [0.25, 0.3) is 0 Å². The molecule has 2 aromatic heterocycles. The van der Waals surface area contributed by atoms with Crippen molar-refractivity contribution in [1.82, 2.24) is 25.1 Å². The molecule has 1 saturated carbocycles. The van der Waals surface area contributed by atoms with Gasteiger partial charge in [0, 0.05) is 60.0 Å². The summed E-state index contributed by atoms with van der Waals surface area (Å²) >= 11 is 1.52. The van der Waals surface area contributed by atoms with Gasteiger partial charge in [-0.1, -0.05) is 12.8 Å². The van der Waals surface area contributed by atoms with Gasteiger partial charge in [0.2, 0.25) is 5.91 Å². The lowest BCUT2D eigenvalue weighted by Gasteiger charge is -2.34. The molecule has 1 saturated heterocycles. The zero-order chi connectivity index (χ0) is 25.1. The summed E-state index contributed by atoms with van der Waals surface area (Å²) in [7, 11) is 2.15. The number of benzene rings is 1. The molecule has 1 amide bonds. The number of carbonyl (C=O) groups excluding carboxylic acids is 1. The molecule has 5 rings (SSSR count). The van der Waals surface area contributed by atoms with Gasteiger partial charge < -0.3 is 20.4 Å². The Labute approximate surface area is 216 Å². The number of rotatable bonds is 7. The van der Waals surface area contributed by atoms with Crippen LogP contribution in [0.5, 0.6) is 0 Å². The van der Waals surface area contributed by atoms with E-state index in [1.54, 1.807) is 0 Å². The van der Waals surface area contributed by atoms with Crippen LogP contribution in [-0.4, -0.2) is 64.2 Å². The van der Waals surface area contributed by atoms with Gasteiger partial charge in [0.1, 0.15) is 11.6 Å². The Morgan fingerprint density at radius 3 is 2.44 bits per heavy atom. The van der Waals surface area contributed by atoms with E-state index in [9.17, 15) is 4.79 Å². The van der Waals surface area contributed by atoms with Crippen molar-refractivity contribution < 1.29 is 4.79 Å². The maximum absolute atomic E-state index is 12.5. The minimum atomic E-state index is 0.135. The van der Waals surface area contributed by atoms with E-state index in [2.05, 4.69) is 44.6 Å². The minimum absolute atomic E-state index is 0.135. The summed E-state index contributed by atoms with van der Waals surface area (Å²) in [4.78, 5) is 28.0. The number of nitrogens with one attached hydrogen (secondary N) is 3. The molecule has 0 atom stereocenters. The third kappa shape index (κ3) is 5.82. The second kappa shape index (κ2) is 10.9. The molecule has 1 aliphatic carbocycles. The Hall–Kier alpha value is -3.11. The van der Waals surface area contributed by atoms with E-state index in [0.717, 1.165) is 91.2 Å². The summed E-state index contributed by atoms with van der Waals surface area (Å²) in [5.74, 6) is 2.73. The van der Waals surface area contributed by atoms with Gasteiger partial charge in [0.15, 0.2) is 11.0 Å². The van der Waals surface area contributed by atoms with E-state index in [0.29, 0.717) is 5.16 Å². The smallest absolute Gasteiger partial charge is 0.227 e. The van der Waals surface area contributed by atoms with Gasteiger partial charge >= 0.3 is 0 Å². The molecular weight excluding hydrogens is 472 g/mol. The molecule has 3 N–H and O–H groups in total. The fourth-order valence-corrected chi connectivity index (χ4v) is 5.48. The molecule has 0 bridgehead atoms. The normalized spacial score (nSPS) is 16.9. The number of aromatic amines is 1. The topological polar surface area (TPSA) is 102 Å². The van der Waals surface area contributed by atoms with Crippen LogP contribution in [0.2, 0.25) is 0 Å². The first kappa shape index (κ1) is 24.6. The second-order valence-electron chi connectivity index (χ2n) is 9.75. The molecule has 2 aliphatic rings. The van der Waals surface area contributed by atoms with E-state index >= 15 is 0 Å². The predicted octanol–water partition coefficient (Wildman–Crippen LogP) is 4.59. The summed E-state index contributed by atoms with van der Waals surface area (Å²) in [5, 5.41) is 14.4. The van der Waals surface area contributed by atoms with Crippen LogP contribution in [0, 0.1) is 19.8 Å². The molecule has 9 nitrogen and oxygen atoms in total. The number of piperazine rings is 1. The minimum Gasteiger partial charge on any atom is -0.354 e. The first-order valence-electron chi connectivity index (χ1n) is 12.6. The van der Waals surface area contributed by atoms with Crippen LogP contribution in [-0.2, 0) is 4.79 Å². The van der Waals surface area contributed by atoms with Gasteiger partial charge in [-0.25, -0.2) is 9.97 Å². The molecule has 0 spiro atoms. The zero-order valence-corrected chi connectivity index (χ0v) is 22.0. The van der Waals surface area contributed by atoms with Crippen molar-refractivity contribution in [3.63, 3.8) is 0 Å². The standard InChI is InChI=1S/C26H34N8OS/c1-17-16-22(32-31-17)28-23-18(2)24(34-14-12-33(3)13-15-34)30-26(29-23)36-21-10-8-20(9-11-21)27-25(35)19-6-4-5-7-19/h8-11,16,19H,4-7,12-15H2,1-3H3,(H,27,35)(H2,28,29,30,31,32). The first-order chi connectivity index (χ1) is 17.4. The molecule has 1 aromatic carbocycles. The van der Waals surface area contributed by atoms with Crippen LogP contribution >= 0.6 is 11.8 Å². The second-order valence-corrected chi connectivity index (χ2v) is 10.8. The number of likely N-dealkylation sites (N-methyl/N-ethyl adjacent to an activating group) is 1. The van der Waals surface area contributed by atoms with Crippen LogP contribution in [0.1, 0.15) is 36.9 Å². The molecule has 10 heteroatoms. The highest BCUT2D eigenvalue weighted by molar-refractivity contribution is 7.99. The maximum atomic E-state index is 12.5. The van der Waals surface area contributed by atoms with E-state index in [-0.39, 0.29) is 11.8 Å². The number of aryl methyl sites for hydroxylation is 1. The van der Waals surface area contributed by atoms with Gasteiger partial charge in [0.05, 0.1) is 0 Å². The highest BCUT2D eigenvalue weighted by atomic mass is 32.2. The number of anilines is 4. The predicted molar refractivity (Wildman–Crippen MR) is 144 cm³/mol. The van der Waals surface area contributed by atoms with Crippen LogP contribution in [0.15, 0.2) is 40.4 Å².